The first-order chi connectivity index (χ1) is 6.66. The monoisotopic (exact) mass is 195 g/mol. The Morgan fingerprint density at radius 2 is 2.29 bits per heavy atom. The van der Waals surface area contributed by atoms with E-state index < -0.39 is 4.92 Å². The van der Waals surface area contributed by atoms with Crippen LogP contribution in [-0.2, 0) is 0 Å². The van der Waals surface area contributed by atoms with Crippen LogP contribution in [0.1, 0.15) is 12.8 Å². The van der Waals surface area contributed by atoms with Gasteiger partial charge < -0.3 is 10.5 Å². The van der Waals surface area contributed by atoms with Gasteiger partial charge in [0.15, 0.2) is 0 Å². The third-order valence-electron chi connectivity index (χ3n) is 1.89. The number of aromatic nitrogens is 1. The van der Waals surface area contributed by atoms with Crippen LogP contribution in [-0.4, -0.2) is 16.0 Å². The Bertz CT molecular complexity index is 376. The number of nitrogens with two attached hydrogens (primary N) is 1. The smallest absolute Gasteiger partial charge is 0.311 e. The SMILES string of the molecule is Nc1nc(OC2CC2)ccc1[N+](=O)[O-]. The summed E-state index contributed by atoms with van der Waals surface area (Å²) in [6.45, 7) is 0. The fraction of sp³-hybridized carbons (Fsp3) is 0.375. The minimum absolute atomic E-state index is 0.104. The normalized spacial score (nSPS) is 15.1. The minimum Gasteiger partial charge on any atom is -0.474 e. The molecule has 14 heavy (non-hydrogen) atoms. The molecule has 0 radical (unpaired) electrons. The molecule has 1 aromatic heterocycles. The largest absolute Gasteiger partial charge is 0.474 e. The quantitative estimate of drug-likeness (QED) is 0.576. The lowest BCUT2D eigenvalue weighted by atomic mass is 10.4. The van der Waals surface area contributed by atoms with Crippen molar-refractivity contribution in [1.82, 2.24) is 4.98 Å². The van der Waals surface area contributed by atoms with Gasteiger partial charge in [-0.2, -0.15) is 4.98 Å². The molecule has 0 aliphatic heterocycles. The molecule has 1 saturated carbocycles. The minimum atomic E-state index is -0.566. The average Bonchev–Trinajstić information content (AvgIpc) is 2.87. The van der Waals surface area contributed by atoms with Crippen molar-refractivity contribution in [3.8, 4) is 5.88 Å². The summed E-state index contributed by atoms with van der Waals surface area (Å²) in [5, 5.41) is 10.4. The molecule has 6 nitrogen and oxygen atoms in total. The van der Waals surface area contributed by atoms with E-state index in [0.29, 0.717) is 5.88 Å². The molecule has 74 valence electrons. The second-order valence-electron chi connectivity index (χ2n) is 3.13. The Hall–Kier alpha value is -1.85. The summed E-state index contributed by atoms with van der Waals surface area (Å²) in [6, 6.07) is 2.77. The van der Waals surface area contributed by atoms with Crippen LogP contribution in [0.25, 0.3) is 0 Å². The van der Waals surface area contributed by atoms with Crippen LogP contribution in [0.3, 0.4) is 0 Å². The van der Waals surface area contributed by atoms with Gasteiger partial charge in [-0.05, 0) is 12.8 Å². The summed E-state index contributed by atoms with van der Waals surface area (Å²) in [5.74, 6) is 0.253. The fourth-order valence-corrected chi connectivity index (χ4v) is 1.03. The molecule has 0 spiro atoms. The molecule has 2 rings (SSSR count). The van der Waals surface area contributed by atoms with E-state index in [9.17, 15) is 10.1 Å². The van der Waals surface area contributed by atoms with Gasteiger partial charge >= 0.3 is 5.69 Å². The molecular formula is C8H9N3O3. The zero-order valence-corrected chi connectivity index (χ0v) is 7.34. The standard InChI is InChI=1S/C8H9N3O3/c9-8-6(11(12)13)3-4-7(10-8)14-5-1-2-5/h3-5H,1-2H2,(H2,9,10). The van der Waals surface area contributed by atoms with E-state index >= 15 is 0 Å². The van der Waals surface area contributed by atoms with Gasteiger partial charge in [-0.25, -0.2) is 0 Å². The van der Waals surface area contributed by atoms with Crippen LogP contribution in [0.5, 0.6) is 5.88 Å². The van der Waals surface area contributed by atoms with Gasteiger partial charge in [-0.3, -0.25) is 10.1 Å². The summed E-state index contributed by atoms with van der Waals surface area (Å²) in [5.41, 5.74) is 5.20. The van der Waals surface area contributed by atoms with Crippen LogP contribution >= 0.6 is 0 Å². The number of hydrogen-bond donors (Lipinski definition) is 1. The number of anilines is 1. The maximum atomic E-state index is 10.4. The van der Waals surface area contributed by atoms with Gasteiger partial charge in [-0.15, -0.1) is 0 Å². The highest BCUT2D eigenvalue weighted by molar-refractivity contribution is 5.53. The molecule has 0 saturated heterocycles. The number of nitrogens with zero attached hydrogens (tertiary/aromatic N) is 2. The van der Waals surface area contributed by atoms with Crippen molar-refractivity contribution in [2.24, 2.45) is 0 Å². The number of ether oxygens (including phenoxy) is 1. The summed E-state index contributed by atoms with van der Waals surface area (Å²) in [4.78, 5) is 13.6. The number of nitrogen functional groups attached to an aromatic ring is 1. The fourth-order valence-electron chi connectivity index (χ4n) is 1.03. The molecule has 0 atom stereocenters. The predicted molar refractivity (Wildman–Crippen MR) is 49.0 cm³/mol. The first-order valence-electron chi connectivity index (χ1n) is 4.24. The Morgan fingerprint density at radius 1 is 1.57 bits per heavy atom. The number of pyridine rings is 1. The van der Waals surface area contributed by atoms with Crippen molar-refractivity contribution in [2.45, 2.75) is 18.9 Å². The molecule has 1 fully saturated rings. The zero-order chi connectivity index (χ0) is 10.1. The van der Waals surface area contributed by atoms with E-state index in [0.717, 1.165) is 12.8 Å². The van der Waals surface area contributed by atoms with E-state index in [1.807, 2.05) is 0 Å². The number of hydrogen-bond acceptors (Lipinski definition) is 5. The van der Waals surface area contributed by atoms with Crippen molar-refractivity contribution in [1.29, 1.82) is 0 Å². The van der Waals surface area contributed by atoms with E-state index in [1.165, 1.54) is 12.1 Å². The van der Waals surface area contributed by atoms with Crippen molar-refractivity contribution in [3.05, 3.63) is 22.2 Å². The molecule has 0 unspecified atom stereocenters. The third kappa shape index (κ3) is 1.73. The summed E-state index contributed by atoms with van der Waals surface area (Å²) < 4.78 is 5.33. The second-order valence-corrected chi connectivity index (χ2v) is 3.13. The van der Waals surface area contributed by atoms with Gasteiger partial charge in [0.25, 0.3) is 0 Å². The summed E-state index contributed by atoms with van der Waals surface area (Å²) >= 11 is 0. The van der Waals surface area contributed by atoms with E-state index in [2.05, 4.69) is 4.98 Å². The van der Waals surface area contributed by atoms with Crippen molar-refractivity contribution < 1.29 is 9.66 Å². The Labute approximate surface area is 79.8 Å². The van der Waals surface area contributed by atoms with Crippen LogP contribution in [0, 0.1) is 10.1 Å². The molecule has 1 aliphatic carbocycles. The van der Waals surface area contributed by atoms with Crippen molar-refractivity contribution in [2.75, 3.05) is 5.73 Å². The molecule has 0 aromatic carbocycles. The lowest BCUT2D eigenvalue weighted by Gasteiger charge is -2.03. The molecule has 1 heterocycles. The number of rotatable bonds is 3. The van der Waals surface area contributed by atoms with Gasteiger partial charge in [0.2, 0.25) is 11.7 Å². The van der Waals surface area contributed by atoms with Crippen molar-refractivity contribution in [3.63, 3.8) is 0 Å². The molecule has 2 N–H and O–H groups in total. The lowest BCUT2D eigenvalue weighted by Crippen LogP contribution is -2.02. The molecule has 6 heteroatoms. The zero-order valence-electron chi connectivity index (χ0n) is 7.34. The molecule has 1 aliphatic rings. The second kappa shape index (κ2) is 3.13. The van der Waals surface area contributed by atoms with Gasteiger partial charge in [0, 0.05) is 12.1 Å². The highest BCUT2D eigenvalue weighted by atomic mass is 16.6. The topological polar surface area (TPSA) is 91.3 Å². The Balaban J connectivity index is 2.20. The first-order valence-corrected chi connectivity index (χ1v) is 4.24. The van der Waals surface area contributed by atoms with Crippen molar-refractivity contribution >= 4 is 11.5 Å². The highest BCUT2D eigenvalue weighted by Crippen LogP contribution is 2.28. The van der Waals surface area contributed by atoms with Crippen LogP contribution < -0.4 is 10.5 Å². The Morgan fingerprint density at radius 3 is 2.79 bits per heavy atom. The molecule has 1 aromatic rings. The summed E-state index contributed by atoms with van der Waals surface area (Å²) in [7, 11) is 0. The number of nitro groups is 1. The molecule has 0 amide bonds. The molecule has 0 bridgehead atoms. The maximum Gasteiger partial charge on any atom is 0.311 e. The van der Waals surface area contributed by atoms with Gasteiger partial charge in [0.1, 0.15) is 6.10 Å². The summed E-state index contributed by atoms with van der Waals surface area (Å²) in [6.07, 6.45) is 2.24. The first kappa shape index (κ1) is 8.74. The molecular weight excluding hydrogens is 186 g/mol. The van der Waals surface area contributed by atoms with Gasteiger partial charge in [0.05, 0.1) is 4.92 Å². The average molecular weight is 195 g/mol. The van der Waals surface area contributed by atoms with Crippen LogP contribution in [0.15, 0.2) is 12.1 Å². The van der Waals surface area contributed by atoms with E-state index in [-0.39, 0.29) is 17.6 Å². The Kier molecular flexibility index (Phi) is 1.95. The predicted octanol–water partition coefficient (Wildman–Crippen LogP) is 1.11. The highest BCUT2D eigenvalue weighted by Gasteiger charge is 2.24. The van der Waals surface area contributed by atoms with Gasteiger partial charge in [-0.1, -0.05) is 0 Å². The van der Waals surface area contributed by atoms with E-state index in [4.69, 9.17) is 10.5 Å². The third-order valence-corrected chi connectivity index (χ3v) is 1.89. The lowest BCUT2D eigenvalue weighted by molar-refractivity contribution is -0.384. The van der Waals surface area contributed by atoms with Crippen LogP contribution in [0.4, 0.5) is 11.5 Å². The van der Waals surface area contributed by atoms with E-state index in [1.54, 1.807) is 0 Å². The maximum absolute atomic E-state index is 10.4. The van der Waals surface area contributed by atoms with Crippen LogP contribution in [0.2, 0.25) is 0 Å².